The van der Waals surface area contributed by atoms with Crippen LogP contribution in [0.4, 0.5) is 5.95 Å². The summed E-state index contributed by atoms with van der Waals surface area (Å²) in [4.78, 5) is 3.96. The van der Waals surface area contributed by atoms with Crippen LogP contribution >= 0.6 is 11.6 Å². The number of benzene rings is 1. The van der Waals surface area contributed by atoms with E-state index in [0.29, 0.717) is 18.0 Å². The molecule has 1 aromatic heterocycles. The first-order chi connectivity index (χ1) is 9.98. The summed E-state index contributed by atoms with van der Waals surface area (Å²) in [6, 6.07) is 7.36. The van der Waals surface area contributed by atoms with E-state index in [1.54, 1.807) is 16.8 Å². The summed E-state index contributed by atoms with van der Waals surface area (Å²) in [7, 11) is -3.37. The Bertz CT molecular complexity index is 682. The van der Waals surface area contributed by atoms with Gasteiger partial charge in [0.15, 0.2) is 0 Å². The second-order valence-corrected chi connectivity index (χ2v) is 6.95. The lowest BCUT2D eigenvalue weighted by molar-refractivity contribution is 0.597. The van der Waals surface area contributed by atoms with Gasteiger partial charge in [-0.15, -0.1) is 5.10 Å². The van der Waals surface area contributed by atoms with Crippen LogP contribution in [-0.4, -0.2) is 28.9 Å². The highest BCUT2D eigenvalue weighted by atomic mass is 35.5. The van der Waals surface area contributed by atoms with E-state index in [4.69, 9.17) is 11.6 Å². The fourth-order valence-corrected chi connectivity index (χ4v) is 2.99. The van der Waals surface area contributed by atoms with Crippen molar-refractivity contribution in [1.82, 2.24) is 14.8 Å². The molecule has 1 heterocycles. The Morgan fingerprint density at radius 2 is 2.00 bits per heavy atom. The summed E-state index contributed by atoms with van der Waals surface area (Å²) in [5.41, 5.74) is 1.00. The Morgan fingerprint density at radius 1 is 1.29 bits per heavy atom. The lowest BCUT2D eigenvalue weighted by Gasteiger charge is -2.03. The van der Waals surface area contributed by atoms with E-state index in [-0.39, 0.29) is 11.7 Å². The zero-order valence-corrected chi connectivity index (χ0v) is 13.2. The van der Waals surface area contributed by atoms with Crippen molar-refractivity contribution in [3.8, 4) is 0 Å². The number of hydrogen-bond donors (Lipinski definition) is 1. The molecule has 0 atom stereocenters. The third-order valence-corrected chi connectivity index (χ3v) is 4.38. The zero-order chi connectivity index (χ0) is 15.3. The Hall–Kier alpha value is -1.60. The van der Waals surface area contributed by atoms with Gasteiger partial charge in [-0.05, 0) is 24.1 Å². The maximum atomic E-state index is 11.7. The fraction of sp³-hybridized carbons (Fsp3) is 0.385. The van der Waals surface area contributed by atoms with Gasteiger partial charge in [-0.2, -0.15) is 4.98 Å². The second-order valence-electron chi connectivity index (χ2n) is 4.67. The molecule has 0 fully saturated rings. The van der Waals surface area contributed by atoms with Crippen LogP contribution in [0.15, 0.2) is 30.6 Å². The third-order valence-electron chi connectivity index (χ3n) is 2.81. The molecule has 1 N–H and O–H groups in total. The Balaban J connectivity index is 1.99. The first-order valence-electron chi connectivity index (χ1n) is 6.63. The van der Waals surface area contributed by atoms with Crippen molar-refractivity contribution in [3.63, 3.8) is 0 Å². The molecule has 0 spiro atoms. The van der Waals surface area contributed by atoms with Gasteiger partial charge in [0.25, 0.3) is 5.95 Å². The van der Waals surface area contributed by atoms with Crippen LogP contribution < -0.4 is 4.72 Å². The minimum Gasteiger partial charge on any atom is -0.250 e. The number of nitrogens with zero attached hydrogens (tertiary/aromatic N) is 3. The predicted octanol–water partition coefficient (Wildman–Crippen LogP) is 2.52. The molecule has 0 unspecified atom stereocenters. The molecule has 0 saturated carbocycles. The molecule has 0 amide bonds. The number of nitrogens with one attached hydrogen (secondary N) is 1. The van der Waals surface area contributed by atoms with Gasteiger partial charge >= 0.3 is 0 Å². The van der Waals surface area contributed by atoms with E-state index in [1.165, 1.54) is 6.33 Å². The monoisotopic (exact) mass is 328 g/mol. The molecule has 0 saturated heterocycles. The molecule has 0 aliphatic carbocycles. The van der Waals surface area contributed by atoms with E-state index in [2.05, 4.69) is 14.8 Å². The van der Waals surface area contributed by atoms with Gasteiger partial charge in [-0.1, -0.05) is 37.1 Å². The number of rotatable bonds is 7. The number of sulfonamides is 1. The third kappa shape index (κ3) is 5.02. The van der Waals surface area contributed by atoms with E-state index in [1.807, 2.05) is 19.1 Å². The first-order valence-corrected chi connectivity index (χ1v) is 8.66. The van der Waals surface area contributed by atoms with Crippen molar-refractivity contribution < 1.29 is 8.42 Å². The van der Waals surface area contributed by atoms with Crippen LogP contribution in [0.2, 0.25) is 5.02 Å². The van der Waals surface area contributed by atoms with Crippen molar-refractivity contribution in [2.24, 2.45) is 0 Å². The molecule has 8 heteroatoms. The molecular formula is C13H17ClN4O2S. The maximum absolute atomic E-state index is 11.7. The summed E-state index contributed by atoms with van der Waals surface area (Å²) in [6.07, 6.45) is 2.92. The SMILES string of the molecule is CCCCS(=O)(=O)Nc1ncn(Cc2ccc(Cl)cc2)n1. The van der Waals surface area contributed by atoms with Gasteiger partial charge in [-0.25, -0.2) is 17.8 Å². The predicted molar refractivity (Wildman–Crippen MR) is 82.9 cm³/mol. The minimum absolute atomic E-state index is 0.0786. The molecule has 1 aromatic carbocycles. The summed E-state index contributed by atoms with van der Waals surface area (Å²) >= 11 is 5.82. The summed E-state index contributed by atoms with van der Waals surface area (Å²) < 4.78 is 27.4. The molecular weight excluding hydrogens is 312 g/mol. The quantitative estimate of drug-likeness (QED) is 0.847. The van der Waals surface area contributed by atoms with Gasteiger partial charge in [0.2, 0.25) is 10.0 Å². The summed E-state index contributed by atoms with van der Waals surface area (Å²) in [5, 5.41) is 4.77. The van der Waals surface area contributed by atoms with Gasteiger partial charge in [-0.3, -0.25) is 0 Å². The molecule has 0 radical (unpaired) electrons. The van der Waals surface area contributed by atoms with Crippen LogP contribution in [-0.2, 0) is 16.6 Å². The molecule has 6 nitrogen and oxygen atoms in total. The maximum Gasteiger partial charge on any atom is 0.255 e. The smallest absolute Gasteiger partial charge is 0.250 e. The van der Waals surface area contributed by atoms with Gasteiger partial charge in [0.05, 0.1) is 12.3 Å². The highest BCUT2D eigenvalue weighted by Crippen LogP contribution is 2.11. The highest BCUT2D eigenvalue weighted by molar-refractivity contribution is 7.92. The molecule has 21 heavy (non-hydrogen) atoms. The van der Waals surface area contributed by atoms with Crippen LogP contribution in [0.25, 0.3) is 0 Å². The average molecular weight is 329 g/mol. The topological polar surface area (TPSA) is 76.9 Å². The fourth-order valence-electron chi connectivity index (χ4n) is 1.72. The van der Waals surface area contributed by atoms with Crippen LogP contribution in [0.1, 0.15) is 25.3 Å². The number of unbranched alkanes of at least 4 members (excludes halogenated alkanes) is 1. The van der Waals surface area contributed by atoms with Crippen LogP contribution in [0.3, 0.4) is 0 Å². The van der Waals surface area contributed by atoms with E-state index in [9.17, 15) is 8.42 Å². The van der Waals surface area contributed by atoms with E-state index < -0.39 is 10.0 Å². The first kappa shape index (κ1) is 15.8. The lowest BCUT2D eigenvalue weighted by Crippen LogP contribution is -2.17. The Labute approximate surface area is 129 Å². The zero-order valence-electron chi connectivity index (χ0n) is 11.7. The Kier molecular flexibility index (Phi) is 5.19. The molecule has 2 aromatic rings. The molecule has 0 aliphatic heterocycles. The number of hydrogen-bond acceptors (Lipinski definition) is 4. The van der Waals surface area contributed by atoms with Crippen LogP contribution in [0.5, 0.6) is 0 Å². The van der Waals surface area contributed by atoms with Crippen LogP contribution in [0, 0.1) is 0 Å². The highest BCUT2D eigenvalue weighted by Gasteiger charge is 2.12. The van der Waals surface area contributed by atoms with Crippen molar-refractivity contribution in [1.29, 1.82) is 0 Å². The van der Waals surface area contributed by atoms with Crippen molar-refractivity contribution in [2.75, 3.05) is 10.5 Å². The largest absolute Gasteiger partial charge is 0.255 e. The summed E-state index contributed by atoms with van der Waals surface area (Å²) in [5.74, 6) is 0.176. The number of aromatic nitrogens is 3. The van der Waals surface area contributed by atoms with E-state index >= 15 is 0 Å². The lowest BCUT2D eigenvalue weighted by atomic mass is 10.2. The molecule has 0 bridgehead atoms. The normalized spacial score (nSPS) is 11.5. The molecule has 0 aliphatic rings. The molecule has 114 valence electrons. The molecule has 2 rings (SSSR count). The average Bonchev–Trinajstić information content (AvgIpc) is 2.85. The van der Waals surface area contributed by atoms with Crippen molar-refractivity contribution in [3.05, 3.63) is 41.2 Å². The van der Waals surface area contributed by atoms with Gasteiger partial charge in [0.1, 0.15) is 6.33 Å². The van der Waals surface area contributed by atoms with Crippen molar-refractivity contribution >= 4 is 27.6 Å². The number of halogens is 1. The summed E-state index contributed by atoms with van der Waals surface area (Å²) in [6.45, 7) is 2.44. The van der Waals surface area contributed by atoms with E-state index in [0.717, 1.165) is 12.0 Å². The minimum atomic E-state index is -3.37. The van der Waals surface area contributed by atoms with Gasteiger partial charge < -0.3 is 0 Å². The van der Waals surface area contributed by atoms with Crippen molar-refractivity contribution in [2.45, 2.75) is 26.3 Å². The standard InChI is InChI=1S/C13H17ClN4O2S/c1-2-3-8-21(19,20)17-13-15-10-18(16-13)9-11-4-6-12(14)7-5-11/h4-7,10H,2-3,8-9H2,1H3,(H,16,17). The van der Waals surface area contributed by atoms with Gasteiger partial charge in [0, 0.05) is 5.02 Å². The number of anilines is 1. The Morgan fingerprint density at radius 3 is 2.67 bits per heavy atom. The second kappa shape index (κ2) is 6.91.